The lowest BCUT2D eigenvalue weighted by Gasteiger charge is -2.00. The molecule has 0 saturated heterocycles. The molecule has 0 aliphatic rings. The fourth-order valence-electron chi connectivity index (χ4n) is 0.966. The Morgan fingerprint density at radius 2 is 2.23 bits per heavy atom. The smallest absolute Gasteiger partial charge is 0.0587 e. The van der Waals surface area contributed by atoms with Gasteiger partial charge in [-0.3, -0.25) is 0 Å². The minimum atomic E-state index is 0. The molecule has 1 heterocycles. The SMILES string of the molecule is COCCNCc1ccc(C)s1.[Cl-]. The van der Waals surface area contributed by atoms with Crippen molar-refractivity contribution < 1.29 is 17.1 Å². The van der Waals surface area contributed by atoms with Crippen LogP contribution in [0, 0.1) is 6.92 Å². The van der Waals surface area contributed by atoms with Crippen molar-refractivity contribution in [1.29, 1.82) is 0 Å². The molecule has 0 radical (unpaired) electrons. The van der Waals surface area contributed by atoms with Gasteiger partial charge >= 0.3 is 0 Å². The van der Waals surface area contributed by atoms with Crippen molar-refractivity contribution in [3.05, 3.63) is 21.9 Å². The Bertz CT molecular complexity index is 227. The quantitative estimate of drug-likeness (QED) is 0.630. The number of hydrogen-bond donors (Lipinski definition) is 1. The number of hydrogen-bond acceptors (Lipinski definition) is 3. The van der Waals surface area contributed by atoms with Gasteiger partial charge < -0.3 is 22.5 Å². The standard InChI is InChI=1S/C9H15NOS.ClH/c1-8-3-4-9(12-8)7-10-5-6-11-2;/h3-4,10H,5-7H2,1-2H3;1H/p-1. The van der Waals surface area contributed by atoms with E-state index in [0.717, 1.165) is 19.7 Å². The van der Waals surface area contributed by atoms with Crippen LogP contribution in [0.2, 0.25) is 0 Å². The predicted molar refractivity (Wildman–Crippen MR) is 52.6 cm³/mol. The monoisotopic (exact) mass is 220 g/mol. The number of methoxy groups -OCH3 is 1. The maximum absolute atomic E-state index is 4.93. The first-order chi connectivity index (χ1) is 5.83. The van der Waals surface area contributed by atoms with Crippen molar-refractivity contribution in [2.75, 3.05) is 20.3 Å². The van der Waals surface area contributed by atoms with Crippen molar-refractivity contribution >= 4 is 11.3 Å². The highest BCUT2D eigenvalue weighted by atomic mass is 35.5. The van der Waals surface area contributed by atoms with Gasteiger partial charge in [0.1, 0.15) is 0 Å². The minimum Gasteiger partial charge on any atom is -1.00 e. The summed E-state index contributed by atoms with van der Waals surface area (Å²) in [5, 5.41) is 3.30. The molecule has 13 heavy (non-hydrogen) atoms. The summed E-state index contributed by atoms with van der Waals surface area (Å²) in [5.74, 6) is 0. The van der Waals surface area contributed by atoms with E-state index in [4.69, 9.17) is 4.74 Å². The first-order valence-corrected chi connectivity index (χ1v) is 4.89. The molecule has 0 spiro atoms. The Hall–Kier alpha value is -0.0900. The van der Waals surface area contributed by atoms with Gasteiger partial charge in [-0.1, -0.05) is 0 Å². The van der Waals surface area contributed by atoms with Crippen LogP contribution in [-0.2, 0) is 11.3 Å². The highest BCUT2D eigenvalue weighted by Crippen LogP contribution is 2.14. The number of halogens is 1. The van der Waals surface area contributed by atoms with Crippen LogP contribution >= 0.6 is 11.3 Å². The molecule has 0 unspecified atom stereocenters. The molecule has 4 heteroatoms. The summed E-state index contributed by atoms with van der Waals surface area (Å²) in [6.07, 6.45) is 0. The zero-order chi connectivity index (χ0) is 8.81. The first kappa shape index (κ1) is 12.9. The van der Waals surface area contributed by atoms with E-state index in [-0.39, 0.29) is 12.4 Å². The summed E-state index contributed by atoms with van der Waals surface area (Å²) in [4.78, 5) is 2.77. The Morgan fingerprint density at radius 1 is 1.46 bits per heavy atom. The summed E-state index contributed by atoms with van der Waals surface area (Å²) in [5.41, 5.74) is 0. The van der Waals surface area contributed by atoms with Gasteiger partial charge in [0.05, 0.1) is 6.61 Å². The van der Waals surface area contributed by atoms with E-state index in [2.05, 4.69) is 24.4 Å². The summed E-state index contributed by atoms with van der Waals surface area (Å²) >= 11 is 1.84. The molecule has 0 bridgehead atoms. The Balaban J connectivity index is 0.00000144. The third-order valence-electron chi connectivity index (χ3n) is 1.58. The summed E-state index contributed by atoms with van der Waals surface area (Å²) < 4.78 is 4.93. The van der Waals surface area contributed by atoms with Crippen molar-refractivity contribution in [3.8, 4) is 0 Å². The highest BCUT2D eigenvalue weighted by Gasteiger charge is 1.94. The largest absolute Gasteiger partial charge is 1.00 e. The molecule has 0 aromatic carbocycles. The maximum atomic E-state index is 4.93. The van der Waals surface area contributed by atoms with Crippen molar-refractivity contribution in [1.82, 2.24) is 5.32 Å². The molecule has 2 nitrogen and oxygen atoms in total. The van der Waals surface area contributed by atoms with Crippen LogP contribution in [0.3, 0.4) is 0 Å². The van der Waals surface area contributed by atoms with E-state index in [0.29, 0.717) is 0 Å². The van der Waals surface area contributed by atoms with Crippen LogP contribution < -0.4 is 17.7 Å². The molecule has 0 atom stereocenters. The van der Waals surface area contributed by atoms with E-state index in [1.807, 2.05) is 11.3 Å². The van der Waals surface area contributed by atoms with Crippen LogP contribution in [0.5, 0.6) is 0 Å². The van der Waals surface area contributed by atoms with Gasteiger partial charge in [0, 0.05) is 30.0 Å². The molecule has 0 aliphatic carbocycles. The van der Waals surface area contributed by atoms with Crippen molar-refractivity contribution in [2.45, 2.75) is 13.5 Å². The number of rotatable bonds is 5. The topological polar surface area (TPSA) is 21.3 Å². The zero-order valence-electron chi connectivity index (χ0n) is 7.97. The second-order valence-electron chi connectivity index (χ2n) is 2.68. The van der Waals surface area contributed by atoms with Gasteiger partial charge in [-0.05, 0) is 19.1 Å². The van der Waals surface area contributed by atoms with Crippen LogP contribution in [0.25, 0.3) is 0 Å². The second kappa shape index (κ2) is 7.33. The second-order valence-corrected chi connectivity index (χ2v) is 4.05. The van der Waals surface area contributed by atoms with E-state index in [1.54, 1.807) is 7.11 Å². The van der Waals surface area contributed by atoms with E-state index >= 15 is 0 Å². The molecule has 1 aromatic rings. The average Bonchev–Trinajstić information content (AvgIpc) is 2.45. The first-order valence-electron chi connectivity index (χ1n) is 4.08. The number of nitrogens with one attached hydrogen (secondary N) is 1. The molecule has 1 N–H and O–H groups in total. The van der Waals surface area contributed by atoms with E-state index < -0.39 is 0 Å². The molecule has 76 valence electrons. The zero-order valence-corrected chi connectivity index (χ0v) is 9.54. The van der Waals surface area contributed by atoms with Gasteiger partial charge in [0.15, 0.2) is 0 Å². The average molecular weight is 221 g/mol. The van der Waals surface area contributed by atoms with E-state index in [1.165, 1.54) is 9.75 Å². The molecule has 0 aliphatic heterocycles. The molecule has 0 saturated carbocycles. The fraction of sp³-hybridized carbons (Fsp3) is 0.556. The van der Waals surface area contributed by atoms with Crippen LogP contribution in [0.1, 0.15) is 9.75 Å². The Morgan fingerprint density at radius 3 is 2.77 bits per heavy atom. The highest BCUT2D eigenvalue weighted by molar-refractivity contribution is 7.11. The minimum absolute atomic E-state index is 0. The van der Waals surface area contributed by atoms with Gasteiger partial charge in [0.25, 0.3) is 0 Å². The van der Waals surface area contributed by atoms with Gasteiger partial charge in [-0.25, -0.2) is 0 Å². The van der Waals surface area contributed by atoms with Gasteiger partial charge in [-0.15, -0.1) is 11.3 Å². The lowest BCUT2D eigenvalue weighted by molar-refractivity contribution is -0.00000286. The molecule has 1 rings (SSSR count). The summed E-state index contributed by atoms with van der Waals surface area (Å²) in [7, 11) is 1.72. The molecule has 0 fully saturated rings. The molecule has 0 amide bonds. The third-order valence-corrected chi connectivity index (χ3v) is 2.58. The van der Waals surface area contributed by atoms with Gasteiger partial charge in [-0.2, -0.15) is 0 Å². The van der Waals surface area contributed by atoms with Crippen molar-refractivity contribution in [3.63, 3.8) is 0 Å². The normalized spacial score (nSPS) is 9.69. The van der Waals surface area contributed by atoms with Crippen molar-refractivity contribution in [2.24, 2.45) is 0 Å². The molecular weight excluding hydrogens is 206 g/mol. The lowest BCUT2D eigenvalue weighted by Crippen LogP contribution is -3.00. The number of ether oxygens (including phenoxy) is 1. The molecule has 1 aromatic heterocycles. The van der Waals surface area contributed by atoms with E-state index in [9.17, 15) is 0 Å². The summed E-state index contributed by atoms with van der Waals surface area (Å²) in [6.45, 7) is 4.79. The number of aryl methyl sites for hydroxylation is 1. The van der Waals surface area contributed by atoms with Crippen LogP contribution in [0.4, 0.5) is 0 Å². The number of thiophene rings is 1. The predicted octanol–water partition coefficient (Wildman–Crippen LogP) is -1.20. The van der Waals surface area contributed by atoms with Crippen LogP contribution in [0.15, 0.2) is 12.1 Å². The maximum Gasteiger partial charge on any atom is 0.0587 e. The fourth-order valence-corrected chi connectivity index (χ4v) is 1.83. The van der Waals surface area contributed by atoms with Gasteiger partial charge in [0.2, 0.25) is 0 Å². The lowest BCUT2D eigenvalue weighted by atomic mass is 10.4. The Labute approximate surface area is 89.7 Å². The molecular formula is C9H15ClNOS-. The summed E-state index contributed by atoms with van der Waals surface area (Å²) in [6, 6.07) is 4.32. The third kappa shape index (κ3) is 5.26. The van der Waals surface area contributed by atoms with Crippen LogP contribution in [-0.4, -0.2) is 20.3 Å². The Kier molecular flexibility index (Phi) is 7.28.